The molecule has 0 spiro atoms. The molecule has 1 N–H and O–H groups in total. The van der Waals surface area contributed by atoms with Gasteiger partial charge in [0.2, 0.25) is 5.88 Å². The largest absolute Gasteiger partial charge is 0.476 e. The Balaban J connectivity index is 1.77. The fraction of sp³-hybridized carbons (Fsp3) is 0.600. The Morgan fingerprint density at radius 2 is 2.32 bits per heavy atom. The number of aromatic nitrogens is 1. The molecule has 4 heteroatoms. The second-order valence-electron chi connectivity index (χ2n) is 5.44. The first-order valence-corrected chi connectivity index (χ1v) is 7.13. The maximum absolute atomic E-state index is 9.23. The molecule has 19 heavy (non-hydrogen) atoms. The summed E-state index contributed by atoms with van der Waals surface area (Å²) in [5.74, 6) is 1.08. The van der Waals surface area contributed by atoms with Gasteiger partial charge in [-0.1, -0.05) is 0 Å². The third kappa shape index (κ3) is 2.71. The smallest absolute Gasteiger partial charge is 0.231 e. The molecule has 100 valence electrons. The number of aryl methyl sites for hydroxylation is 2. The van der Waals surface area contributed by atoms with E-state index in [9.17, 15) is 5.26 Å². The van der Waals surface area contributed by atoms with Crippen LogP contribution in [0.1, 0.15) is 36.1 Å². The molecule has 1 aromatic rings. The highest BCUT2D eigenvalue weighted by molar-refractivity contribution is 5.43. The molecule has 0 amide bonds. The van der Waals surface area contributed by atoms with Crippen molar-refractivity contribution in [3.05, 3.63) is 22.9 Å². The molecule has 2 aliphatic rings. The van der Waals surface area contributed by atoms with E-state index in [1.54, 1.807) is 0 Å². The molecular weight excluding hydrogens is 238 g/mol. The number of nitrogens with zero attached hydrogens (tertiary/aromatic N) is 2. The maximum Gasteiger partial charge on any atom is 0.231 e. The second kappa shape index (κ2) is 5.58. The summed E-state index contributed by atoms with van der Waals surface area (Å²) in [4.78, 5) is 4.58. The van der Waals surface area contributed by atoms with Crippen molar-refractivity contribution in [2.75, 3.05) is 19.7 Å². The van der Waals surface area contributed by atoms with Crippen LogP contribution in [-0.2, 0) is 12.8 Å². The number of pyridine rings is 1. The van der Waals surface area contributed by atoms with Crippen LogP contribution in [0.5, 0.6) is 5.88 Å². The van der Waals surface area contributed by atoms with E-state index in [1.165, 1.54) is 18.4 Å². The molecule has 3 rings (SSSR count). The number of hydrogen-bond donors (Lipinski definition) is 1. The standard InChI is InChI=1S/C15H19N3O/c16-8-13-7-12-3-1-2-4-14(12)18-15(13)19-10-11-5-6-17-9-11/h7,11,17H,1-6,9-10H2. The van der Waals surface area contributed by atoms with Crippen molar-refractivity contribution in [3.8, 4) is 11.9 Å². The van der Waals surface area contributed by atoms with Crippen molar-refractivity contribution in [1.29, 1.82) is 5.26 Å². The minimum Gasteiger partial charge on any atom is -0.476 e. The summed E-state index contributed by atoms with van der Waals surface area (Å²) >= 11 is 0. The van der Waals surface area contributed by atoms with Crippen LogP contribution >= 0.6 is 0 Å². The van der Waals surface area contributed by atoms with Gasteiger partial charge in [0.15, 0.2) is 0 Å². The van der Waals surface area contributed by atoms with E-state index in [4.69, 9.17) is 4.74 Å². The zero-order chi connectivity index (χ0) is 13.1. The topological polar surface area (TPSA) is 57.9 Å². The molecule has 1 saturated heterocycles. The first-order chi connectivity index (χ1) is 9.36. The molecule has 1 aliphatic heterocycles. The quantitative estimate of drug-likeness (QED) is 0.897. The Morgan fingerprint density at radius 3 is 3.11 bits per heavy atom. The molecule has 0 radical (unpaired) electrons. The Bertz CT molecular complexity index is 501. The third-order valence-electron chi connectivity index (χ3n) is 4.00. The highest BCUT2D eigenvalue weighted by Crippen LogP contribution is 2.26. The molecule has 2 heterocycles. The van der Waals surface area contributed by atoms with E-state index in [0.29, 0.717) is 24.0 Å². The molecule has 1 atom stereocenters. The third-order valence-corrected chi connectivity index (χ3v) is 4.00. The minimum absolute atomic E-state index is 0.537. The lowest BCUT2D eigenvalue weighted by Crippen LogP contribution is -2.17. The molecule has 4 nitrogen and oxygen atoms in total. The van der Waals surface area contributed by atoms with Gasteiger partial charge in [0.05, 0.1) is 6.61 Å². The van der Waals surface area contributed by atoms with Gasteiger partial charge >= 0.3 is 0 Å². The molecule has 1 fully saturated rings. The minimum atomic E-state index is 0.537. The fourth-order valence-electron chi connectivity index (χ4n) is 2.86. The molecule has 1 aromatic heterocycles. The second-order valence-corrected chi connectivity index (χ2v) is 5.44. The van der Waals surface area contributed by atoms with Crippen LogP contribution in [-0.4, -0.2) is 24.7 Å². The van der Waals surface area contributed by atoms with E-state index in [-0.39, 0.29) is 0 Å². The molecule has 1 unspecified atom stereocenters. The first kappa shape index (κ1) is 12.4. The van der Waals surface area contributed by atoms with Crippen molar-refractivity contribution in [1.82, 2.24) is 10.3 Å². The summed E-state index contributed by atoms with van der Waals surface area (Å²) in [5.41, 5.74) is 2.95. The maximum atomic E-state index is 9.23. The summed E-state index contributed by atoms with van der Waals surface area (Å²) in [5, 5.41) is 12.6. The Hall–Kier alpha value is -1.60. The monoisotopic (exact) mass is 257 g/mol. The van der Waals surface area contributed by atoms with Gasteiger partial charge in [-0.25, -0.2) is 4.98 Å². The van der Waals surface area contributed by atoms with Crippen LogP contribution in [0.3, 0.4) is 0 Å². The van der Waals surface area contributed by atoms with Crippen LogP contribution in [0.15, 0.2) is 6.07 Å². The summed E-state index contributed by atoms with van der Waals surface area (Å²) in [6.07, 6.45) is 5.60. The van der Waals surface area contributed by atoms with Gasteiger partial charge in [0.1, 0.15) is 11.6 Å². The van der Waals surface area contributed by atoms with Crippen molar-refractivity contribution >= 4 is 0 Å². The normalized spacial score (nSPS) is 21.7. The summed E-state index contributed by atoms with van der Waals surface area (Å²) in [6, 6.07) is 4.19. The molecule has 0 saturated carbocycles. The average Bonchev–Trinajstić information content (AvgIpc) is 2.97. The SMILES string of the molecule is N#Cc1cc2c(nc1OCC1CCNC1)CCCC2. The molecule has 0 aromatic carbocycles. The number of hydrogen-bond acceptors (Lipinski definition) is 4. The van der Waals surface area contributed by atoms with E-state index in [1.807, 2.05) is 6.07 Å². The van der Waals surface area contributed by atoms with Crippen molar-refractivity contribution in [3.63, 3.8) is 0 Å². The summed E-state index contributed by atoms with van der Waals surface area (Å²) in [6.45, 7) is 2.73. The lowest BCUT2D eigenvalue weighted by atomic mass is 9.95. The molecular formula is C15H19N3O. The van der Waals surface area contributed by atoms with Crippen LogP contribution < -0.4 is 10.1 Å². The van der Waals surface area contributed by atoms with Gasteiger partial charge < -0.3 is 10.1 Å². The van der Waals surface area contributed by atoms with E-state index in [2.05, 4.69) is 16.4 Å². The van der Waals surface area contributed by atoms with Gasteiger partial charge in [-0.3, -0.25) is 0 Å². The van der Waals surface area contributed by atoms with Crippen LogP contribution in [0, 0.1) is 17.2 Å². The zero-order valence-corrected chi connectivity index (χ0v) is 11.1. The lowest BCUT2D eigenvalue weighted by molar-refractivity contribution is 0.249. The highest BCUT2D eigenvalue weighted by Gasteiger charge is 2.19. The fourth-order valence-corrected chi connectivity index (χ4v) is 2.86. The van der Waals surface area contributed by atoms with Crippen LogP contribution in [0.2, 0.25) is 0 Å². The predicted octanol–water partition coefficient (Wildman–Crippen LogP) is 1.82. The summed E-state index contributed by atoms with van der Waals surface area (Å²) < 4.78 is 5.80. The van der Waals surface area contributed by atoms with Gasteiger partial charge in [0, 0.05) is 18.2 Å². The first-order valence-electron chi connectivity index (χ1n) is 7.13. The number of rotatable bonds is 3. The van der Waals surface area contributed by atoms with E-state index < -0.39 is 0 Å². The van der Waals surface area contributed by atoms with Crippen molar-refractivity contribution in [2.45, 2.75) is 32.1 Å². The molecule has 0 bridgehead atoms. The molecule has 1 aliphatic carbocycles. The average molecular weight is 257 g/mol. The highest BCUT2D eigenvalue weighted by atomic mass is 16.5. The number of nitriles is 1. The van der Waals surface area contributed by atoms with Gasteiger partial charge in [0.25, 0.3) is 0 Å². The van der Waals surface area contributed by atoms with E-state index in [0.717, 1.165) is 38.0 Å². The van der Waals surface area contributed by atoms with Crippen molar-refractivity contribution < 1.29 is 4.74 Å². The van der Waals surface area contributed by atoms with Gasteiger partial charge in [-0.15, -0.1) is 0 Å². The Kier molecular flexibility index (Phi) is 3.65. The number of nitrogens with one attached hydrogen (secondary N) is 1. The van der Waals surface area contributed by atoms with Crippen molar-refractivity contribution in [2.24, 2.45) is 5.92 Å². The van der Waals surface area contributed by atoms with Gasteiger partial charge in [-0.2, -0.15) is 5.26 Å². The van der Waals surface area contributed by atoms with Crippen LogP contribution in [0.4, 0.5) is 0 Å². The Morgan fingerprint density at radius 1 is 1.42 bits per heavy atom. The number of ether oxygens (including phenoxy) is 1. The van der Waals surface area contributed by atoms with Gasteiger partial charge in [-0.05, 0) is 50.3 Å². The lowest BCUT2D eigenvalue weighted by Gasteiger charge is -2.17. The van der Waals surface area contributed by atoms with Crippen LogP contribution in [0.25, 0.3) is 0 Å². The summed E-state index contributed by atoms with van der Waals surface area (Å²) in [7, 11) is 0. The Labute approximate surface area is 113 Å². The predicted molar refractivity (Wildman–Crippen MR) is 72.1 cm³/mol. The number of fused-ring (bicyclic) bond motifs is 1. The zero-order valence-electron chi connectivity index (χ0n) is 11.1. The van der Waals surface area contributed by atoms with E-state index >= 15 is 0 Å².